The zero-order valence-electron chi connectivity index (χ0n) is 19.3. The van der Waals surface area contributed by atoms with Crippen molar-refractivity contribution in [3.63, 3.8) is 0 Å². The van der Waals surface area contributed by atoms with Crippen LogP contribution in [0.2, 0.25) is 0 Å². The Balaban J connectivity index is 1.63. The predicted octanol–water partition coefficient (Wildman–Crippen LogP) is 4.65. The van der Waals surface area contributed by atoms with E-state index in [1.54, 1.807) is 17.8 Å². The van der Waals surface area contributed by atoms with E-state index < -0.39 is 11.6 Å². The van der Waals surface area contributed by atoms with E-state index >= 15 is 0 Å². The topological polar surface area (TPSA) is 91.7 Å². The third-order valence-electron chi connectivity index (χ3n) is 5.20. The first-order chi connectivity index (χ1) is 15.2. The summed E-state index contributed by atoms with van der Waals surface area (Å²) in [5.41, 5.74) is 0.804. The van der Waals surface area contributed by atoms with Crippen molar-refractivity contribution < 1.29 is 23.8 Å². The van der Waals surface area contributed by atoms with E-state index in [1.807, 2.05) is 51.1 Å². The molecule has 0 bridgehead atoms. The van der Waals surface area contributed by atoms with Crippen LogP contribution in [0, 0.1) is 0 Å². The lowest BCUT2D eigenvalue weighted by Crippen LogP contribution is -2.41. The summed E-state index contributed by atoms with van der Waals surface area (Å²) in [6, 6.07) is 9.92. The maximum absolute atomic E-state index is 12.4. The Bertz CT molecular complexity index is 896. The third kappa shape index (κ3) is 6.73. The number of hydrogen-bond donors (Lipinski definition) is 1. The number of nitrogens with one attached hydrogen (secondary N) is 1. The number of ether oxygens (including phenoxy) is 3. The summed E-state index contributed by atoms with van der Waals surface area (Å²) in [6.07, 6.45) is 4.58. The lowest BCUT2D eigenvalue weighted by molar-refractivity contribution is 0.0483. The number of rotatable bonds is 7. The standard InChI is InChI=1S/C24H33N3O5/c1-5-30-22(28)20-15-27(26-21(20)31-16-17-9-7-6-8-10-17)19-13-11-18(12-14-19)25-23(29)32-24(2,3)4/h6-10,15,18-19H,5,11-14,16H2,1-4H3,(H,25,29). The number of nitrogens with zero attached hydrogens (tertiary/aromatic N) is 2. The molecule has 2 aromatic rings. The quantitative estimate of drug-likeness (QED) is 0.627. The van der Waals surface area contributed by atoms with Crippen LogP contribution in [0.4, 0.5) is 4.79 Å². The second-order valence-electron chi connectivity index (χ2n) is 8.97. The number of alkyl carbamates (subject to hydrolysis) is 1. The molecule has 1 fully saturated rings. The van der Waals surface area contributed by atoms with E-state index in [0.29, 0.717) is 12.2 Å². The summed E-state index contributed by atoms with van der Waals surface area (Å²) in [6.45, 7) is 7.91. The summed E-state index contributed by atoms with van der Waals surface area (Å²) in [7, 11) is 0. The first-order valence-corrected chi connectivity index (χ1v) is 11.2. The Hall–Kier alpha value is -3.03. The number of benzene rings is 1. The van der Waals surface area contributed by atoms with Crippen LogP contribution in [0.5, 0.6) is 5.88 Å². The van der Waals surface area contributed by atoms with Crippen LogP contribution in [0.25, 0.3) is 0 Å². The highest BCUT2D eigenvalue weighted by molar-refractivity contribution is 5.91. The molecule has 0 saturated heterocycles. The van der Waals surface area contributed by atoms with Crippen molar-refractivity contribution in [2.75, 3.05) is 6.61 Å². The molecule has 1 amide bonds. The molecule has 32 heavy (non-hydrogen) atoms. The van der Waals surface area contributed by atoms with Crippen molar-refractivity contribution in [3.05, 3.63) is 47.7 Å². The van der Waals surface area contributed by atoms with Gasteiger partial charge in [-0.05, 0) is 58.9 Å². The van der Waals surface area contributed by atoms with Gasteiger partial charge in [0.15, 0.2) is 0 Å². The molecule has 1 aliphatic carbocycles. The number of esters is 1. The molecule has 1 aliphatic rings. The van der Waals surface area contributed by atoms with E-state index in [1.165, 1.54) is 0 Å². The van der Waals surface area contributed by atoms with Crippen LogP contribution in [-0.4, -0.2) is 40.1 Å². The summed E-state index contributed by atoms with van der Waals surface area (Å²) < 4.78 is 18.2. The van der Waals surface area contributed by atoms with Crippen molar-refractivity contribution in [1.82, 2.24) is 15.1 Å². The largest absolute Gasteiger partial charge is 0.471 e. The molecule has 1 saturated carbocycles. The molecule has 3 rings (SSSR count). The molecule has 8 nitrogen and oxygen atoms in total. The molecule has 1 N–H and O–H groups in total. The van der Waals surface area contributed by atoms with Crippen molar-refractivity contribution in [2.24, 2.45) is 0 Å². The minimum atomic E-state index is -0.518. The van der Waals surface area contributed by atoms with Gasteiger partial charge in [0.05, 0.1) is 12.6 Å². The molecule has 174 valence electrons. The zero-order chi connectivity index (χ0) is 23.1. The summed E-state index contributed by atoms with van der Waals surface area (Å²) in [5.74, 6) is -0.164. The zero-order valence-corrected chi connectivity index (χ0v) is 19.3. The van der Waals surface area contributed by atoms with Crippen molar-refractivity contribution in [1.29, 1.82) is 0 Å². The van der Waals surface area contributed by atoms with Crippen molar-refractivity contribution in [2.45, 2.75) is 77.7 Å². The van der Waals surface area contributed by atoms with Gasteiger partial charge in [0, 0.05) is 12.2 Å². The number of carbonyl (C=O) groups is 2. The molecule has 1 aromatic carbocycles. The Morgan fingerprint density at radius 2 is 1.81 bits per heavy atom. The third-order valence-corrected chi connectivity index (χ3v) is 5.20. The fraction of sp³-hybridized carbons (Fsp3) is 0.542. The Morgan fingerprint density at radius 3 is 2.44 bits per heavy atom. The Kier molecular flexibility index (Phi) is 7.77. The number of aromatic nitrogens is 2. The molecular weight excluding hydrogens is 410 g/mol. The van der Waals surface area contributed by atoms with Crippen LogP contribution in [-0.2, 0) is 16.1 Å². The highest BCUT2D eigenvalue weighted by atomic mass is 16.6. The minimum absolute atomic E-state index is 0.0648. The SMILES string of the molecule is CCOC(=O)c1cn(C2CCC(NC(=O)OC(C)(C)C)CC2)nc1OCc1ccccc1. The van der Waals surface area contributed by atoms with Gasteiger partial charge in [-0.15, -0.1) is 5.10 Å². The molecule has 0 unspecified atom stereocenters. The number of amides is 1. The van der Waals surface area contributed by atoms with Gasteiger partial charge in [0.25, 0.3) is 0 Å². The molecule has 0 spiro atoms. The maximum atomic E-state index is 12.4. The van der Waals surface area contributed by atoms with Gasteiger partial charge in [-0.3, -0.25) is 4.68 Å². The van der Waals surface area contributed by atoms with Gasteiger partial charge in [0.2, 0.25) is 5.88 Å². The fourth-order valence-corrected chi connectivity index (χ4v) is 3.70. The first kappa shape index (κ1) is 23.6. The van der Waals surface area contributed by atoms with Crippen LogP contribution in [0.15, 0.2) is 36.5 Å². The highest BCUT2D eigenvalue weighted by Gasteiger charge is 2.28. The van der Waals surface area contributed by atoms with Crippen molar-refractivity contribution >= 4 is 12.1 Å². The lowest BCUT2D eigenvalue weighted by Gasteiger charge is -2.30. The lowest BCUT2D eigenvalue weighted by atomic mass is 9.91. The second-order valence-corrected chi connectivity index (χ2v) is 8.97. The maximum Gasteiger partial charge on any atom is 0.407 e. The monoisotopic (exact) mass is 443 g/mol. The van der Waals surface area contributed by atoms with Crippen LogP contribution in [0.1, 0.15) is 75.3 Å². The smallest absolute Gasteiger partial charge is 0.407 e. The minimum Gasteiger partial charge on any atom is -0.471 e. The van der Waals surface area contributed by atoms with E-state index in [9.17, 15) is 9.59 Å². The Morgan fingerprint density at radius 1 is 1.12 bits per heavy atom. The second kappa shape index (κ2) is 10.5. The van der Waals surface area contributed by atoms with Crippen molar-refractivity contribution in [3.8, 4) is 5.88 Å². The number of carbonyl (C=O) groups excluding carboxylic acids is 2. The van der Waals surface area contributed by atoms with Crippen LogP contribution >= 0.6 is 0 Å². The van der Waals surface area contributed by atoms with Gasteiger partial charge in [-0.1, -0.05) is 30.3 Å². The first-order valence-electron chi connectivity index (χ1n) is 11.2. The van der Waals surface area contributed by atoms with Gasteiger partial charge in [-0.2, -0.15) is 0 Å². The highest BCUT2D eigenvalue weighted by Crippen LogP contribution is 2.31. The van der Waals surface area contributed by atoms with Gasteiger partial charge in [-0.25, -0.2) is 9.59 Å². The average molecular weight is 444 g/mol. The fourth-order valence-electron chi connectivity index (χ4n) is 3.70. The summed E-state index contributed by atoms with van der Waals surface area (Å²) >= 11 is 0. The normalized spacial score (nSPS) is 18.6. The molecular formula is C24H33N3O5. The molecule has 0 aliphatic heterocycles. The average Bonchev–Trinajstić information content (AvgIpc) is 3.17. The molecule has 8 heteroatoms. The molecule has 1 heterocycles. The molecule has 0 atom stereocenters. The predicted molar refractivity (Wildman–Crippen MR) is 120 cm³/mol. The van der Waals surface area contributed by atoms with E-state index in [-0.39, 0.29) is 30.7 Å². The van der Waals surface area contributed by atoms with Crippen LogP contribution < -0.4 is 10.1 Å². The van der Waals surface area contributed by atoms with E-state index in [0.717, 1.165) is 31.2 Å². The van der Waals surface area contributed by atoms with Crippen LogP contribution in [0.3, 0.4) is 0 Å². The van der Waals surface area contributed by atoms with Gasteiger partial charge < -0.3 is 19.5 Å². The molecule has 0 radical (unpaired) electrons. The summed E-state index contributed by atoms with van der Waals surface area (Å²) in [4.78, 5) is 24.5. The molecule has 1 aromatic heterocycles. The van der Waals surface area contributed by atoms with Gasteiger partial charge >= 0.3 is 12.1 Å². The summed E-state index contributed by atoms with van der Waals surface area (Å²) in [5, 5.41) is 7.52. The number of hydrogen-bond acceptors (Lipinski definition) is 6. The van der Waals surface area contributed by atoms with E-state index in [4.69, 9.17) is 14.2 Å². The van der Waals surface area contributed by atoms with Gasteiger partial charge in [0.1, 0.15) is 17.8 Å². The van der Waals surface area contributed by atoms with E-state index in [2.05, 4.69) is 10.4 Å². The Labute approximate surface area is 189 Å².